The van der Waals surface area contributed by atoms with Gasteiger partial charge in [0.15, 0.2) is 11.6 Å². The van der Waals surface area contributed by atoms with E-state index in [2.05, 4.69) is 4.98 Å². The second-order valence-corrected chi connectivity index (χ2v) is 10.3. The first kappa shape index (κ1) is 22.0. The maximum atomic E-state index is 13.1. The second-order valence-electron chi connectivity index (χ2n) is 8.36. The summed E-state index contributed by atoms with van der Waals surface area (Å²) in [6.45, 7) is 8.51. The van der Waals surface area contributed by atoms with Crippen molar-refractivity contribution in [1.29, 1.82) is 0 Å². The highest BCUT2D eigenvalue weighted by Crippen LogP contribution is 2.32. The average molecular weight is 448 g/mol. The molecule has 0 saturated carbocycles. The Hall–Kier alpha value is -2.23. The van der Waals surface area contributed by atoms with Gasteiger partial charge in [-0.1, -0.05) is 6.07 Å². The molecule has 3 heterocycles. The molecule has 1 amide bonds. The van der Waals surface area contributed by atoms with Crippen molar-refractivity contribution < 1.29 is 22.4 Å². The zero-order chi connectivity index (χ0) is 22.2. The average Bonchev–Trinajstić information content (AvgIpc) is 3.15. The minimum atomic E-state index is -3.53. The molecule has 0 bridgehead atoms. The van der Waals surface area contributed by atoms with Crippen molar-refractivity contribution in [1.82, 2.24) is 14.2 Å². The smallest absolute Gasteiger partial charge is 0.276 e. The summed E-state index contributed by atoms with van der Waals surface area (Å²) in [6, 6.07) is 5.40. The zero-order valence-electron chi connectivity index (χ0n) is 18.3. The number of hydrogen-bond donors (Lipinski definition) is 0. The number of piperidine rings is 1. The summed E-state index contributed by atoms with van der Waals surface area (Å²) in [4.78, 5) is 19.4. The standard InChI is InChI=1S/C22H29N3O5S/c1-15-12-16(2)14-19(13-15)31(27,28)25-6-4-18(5-7-25)21-23-20(17(3)30-21)22(26)24-8-10-29-11-9-24/h12-14,18H,4-11H2,1-3H3. The molecular weight excluding hydrogens is 418 g/mol. The van der Waals surface area contributed by atoms with Gasteiger partial charge in [0.2, 0.25) is 10.0 Å². The summed E-state index contributed by atoms with van der Waals surface area (Å²) in [6.07, 6.45) is 1.21. The highest BCUT2D eigenvalue weighted by atomic mass is 32.2. The molecule has 2 fully saturated rings. The monoisotopic (exact) mass is 447 g/mol. The van der Waals surface area contributed by atoms with Gasteiger partial charge in [0.1, 0.15) is 5.76 Å². The summed E-state index contributed by atoms with van der Waals surface area (Å²) in [7, 11) is -3.53. The molecule has 0 atom stereocenters. The van der Waals surface area contributed by atoms with Crippen LogP contribution in [0.2, 0.25) is 0 Å². The Morgan fingerprint density at radius 3 is 2.23 bits per heavy atom. The maximum Gasteiger partial charge on any atom is 0.276 e. The second kappa shape index (κ2) is 8.72. The summed E-state index contributed by atoms with van der Waals surface area (Å²) < 4.78 is 38.9. The number of hydrogen-bond acceptors (Lipinski definition) is 6. The molecule has 0 radical (unpaired) electrons. The van der Waals surface area contributed by atoms with Crippen molar-refractivity contribution in [2.45, 2.75) is 44.4 Å². The molecule has 2 saturated heterocycles. The van der Waals surface area contributed by atoms with Gasteiger partial charge >= 0.3 is 0 Å². The lowest BCUT2D eigenvalue weighted by Gasteiger charge is -2.30. The van der Waals surface area contributed by atoms with Crippen molar-refractivity contribution in [3.05, 3.63) is 46.7 Å². The number of morpholine rings is 1. The van der Waals surface area contributed by atoms with Gasteiger partial charge in [-0.15, -0.1) is 0 Å². The van der Waals surface area contributed by atoms with Crippen molar-refractivity contribution >= 4 is 15.9 Å². The summed E-state index contributed by atoms with van der Waals surface area (Å²) in [5.41, 5.74) is 2.21. The molecule has 168 valence electrons. The molecule has 9 heteroatoms. The molecule has 8 nitrogen and oxygen atoms in total. The van der Waals surface area contributed by atoms with Gasteiger partial charge in [-0.05, 0) is 56.9 Å². The quantitative estimate of drug-likeness (QED) is 0.715. The van der Waals surface area contributed by atoms with Crippen LogP contribution >= 0.6 is 0 Å². The van der Waals surface area contributed by atoms with Crippen LogP contribution in [0.4, 0.5) is 0 Å². The van der Waals surface area contributed by atoms with Crippen molar-refractivity contribution in [2.75, 3.05) is 39.4 Å². The normalized spacial score (nSPS) is 19.0. The number of aromatic nitrogens is 1. The molecule has 0 unspecified atom stereocenters. The van der Waals surface area contributed by atoms with Gasteiger partial charge < -0.3 is 14.1 Å². The Labute approximate surface area is 183 Å². The van der Waals surface area contributed by atoms with Crippen molar-refractivity contribution in [2.24, 2.45) is 0 Å². The Balaban J connectivity index is 1.45. The van der Waals surface area contributed by atoms with Gasteiger partial charge in [-0.25, -0.2) is 13.4 Å². The Kier molecular flexibility index (Phi) is 6.18. The van der Waals surface area contributed by atoms with Gasteiger partial charge in [0.25, 0.3) is 5.91 Å². The van der Waals surface area contributed by atoms with Crippen LogP contribution in [0.1, 0.15) is 52.0 Å². The van der Waals surface area contributed by atoms with Crippen molar-refractivity contribution in [3.8, 4) is 0 Å². The van der Waals surface area contributed by atoms with Crippen LogP contribution in [0.25, 0.3) is 0 Å². The molecule has 0 N–H and O–H groups in total. The molecular formula is C22H29N3O5S. The lowest BCUT2D eigenvalue weighted by molar-refractivity contribution is 0.0298. The number of ether oxygens (including phenoxy) is 1. The first-order valence-electron chi connectivity index (χ1n) is 10.7. The van der Waals surface area contributed by atoms with E-state index in [0.29, 0.717) is 74.5 Å². The van der Waals surface area contributed by atoms with Crippen LogP contribution in [0.15, 0.2) is 27.5 Å². The van der Waals surface area contributed by atoms with E-state index < -0.39 is 10.0 Å². The third kappa shape index (κ3) is 4.53. The molecule has 2 aromatic rings. The maximum absolute atomic E-state index is 13.1. The SMILES string of the molecule is Cc1cc(C)cc(S(=O)(=O)N2CCC(c3nc(C(=O)N4CCOCC4)c(C)o3)CC2)c1. The number of carbonyl (C=O) groups excluding carboxylic acids is 1. The van der Waals surface area contributed by atoms with E-state index in [1.165, 1.54) is 4.31 Å². The highest BCUT2D eigenvalue weighted by molar-refractivity contribution is 7.89. The van der Waals surface area contributed by atoms with Crippen LogP contribution < -0.4 is 0 Å². The van der Waals surface area contributed by atoms with Crippen LogP contribution in [-0.4, -0.2) is 67.9 Å². The predicted octanol–water partition coefficient (Wildman–Crippen LogP) is 2.64. The lowest BCUT2D eigenvalue weighted by atomic mass is 9.98. The number of amides is 1. The van der Waals surface area contributed by atoms with E-state index in [4.69, 9.17) is 9.15 Å². The number of oxazole rings is 1. The van der Waals surface area contributed by atoms with Crippen LogP contribution in [0.5, 0.6) is 0 Å². The minimum Gasteiger partial charge on any atom is -0.445 e. The largest absolute Gasteiger partial charge is 0.445 e. The topological polar surface area (TPSA) is 93.0 Å². The predicted molar refractivity (Wildman–Crippen MR) is 115 cm³/mol. The van der Waals surface area contributed by atoms with Gasteiger partial charge in [0.05, 0.1) is 18.1 Å². The summed E-state index contributed by atoms with van der Waals surface area (Å²) in [5.74, 6) is 0.899. The highest BCUT2D eigenvalue weighted by Gasteiger charge is 2.33. The van der Waals surface area contributed by atoms with Gasteiger partial charge in [0, 0.05) is 32.1 Å². The van der Waals surface area contributed by atoms with E-state index in [0.717, 1.165) is 11.1 Å². The third-order valence-corrected chi connectivity index (χ3v) is 7.83. The third-order valence-electron chi connectivity index (χ3n) is 5.95. The van der Waals surface area contributed by atoms with Crippen LogP contribution in [-0.2, 0) is 14.8 Å². The van der Waals surface area contributed by atoms with Crippen LogP contribution in [0.3, 0.4) is 0 Å². The Bertz CT molecular complexity index is 1040. The number of sulfonamides is 1. The molecule has 31 heavy (non-hydrogen) atoms. The van der Waals surface area contributed by atoms with E-state index in [1.54, 1.807) is 24.0 Å². The fourth-order valence-electron chi connectivity index (χ4n) is 4.28. The molecule has 0 spiro atoms. The van der Waals surface area contributed by atoms with E-state index in [1.807, 2.05) is 19.9 Å². The number of aryl methyl sites for hydroxylation is 3. The van der Waals surface area contributed by atoms with E-state index >= 15 is 0 Å². The molecule has 2 aliphatic heterocycles. The lowest BCUT2D eigenvalue weighted by Crippen LogP contribution is -2.41. The molecule has 4 rings (SSSR count). The fraction of sp³-hybridized carbons (Fsp3) is 0.545. The van der Waals surface area contributed by atoms with E-state index in [9.17, 15) is 13.2 Å². The first-order chi connectivity index (χ1) is 14.8. The number of nitrogens with zero attached hydrogens (tertiary/aromatic N) is 3. The summed E-state index contributed by atoms with van der Waals surface area (Å²) >= 11 is 0. The Morgan fingerprint density at radius 2 is 1.61 bits per heavy atom. The number of benzene rings is 1. The number of carbonyl (C=O) groups is 1. The van der Waals surface area contributed by atoms with Crippen LogP contribution in [0, 0.1) is 20.8 Å². The minimum absolute atomic E-state index is 0.00404. The van der Waals surface area contributed by atoms with Crippen molar-refractivity contribution in [3.63, 3.8) is 0 Å². The molecule has 1 aromatic carbocycles. The number of rotatable bonds is 4. The zero-order valence-corrected chi connectivity index (χ0v) is 19.1. The van der Waals surface area contributed by atoms with Gasteiger partial charge in [-0.3, -0.25) is 4.79 Å². The van der Waals surface area contributed by atoms with E-state index in [-0.39, 0.29) is 11.8 Å². The Morgan fingerprint density at radius 1 is 1.00 bits per heavy atom. The molecule has 0 aliphatic carbocycles. The van der Waals surface area contributed by atoms with Gasteiger partial charge in [-0.2, -0.15) is 4.31 Å². The first-order valence-corrected chi connectivity index (χ1v) is 12.1. The molecule has 1 aromatic heterocycles. The summed E-state index contributed by atoms with van der Waals surface area (Å²) in [5, 5.41) is 0. The molecule has 2 aliphatic rings. The fourth-order valence-corrected chi connectivity index (χ4v) is 5.94.